The van der Waals surface area contributed by atoms with Crippen molar-refractivity contribution in [2.75, 3.05) is 6.54 Å². The van der Waals surface area contributed by atoms with Gasteiger partial charge in [-0.05, 0) is 31.9 Å². The van der Waals surface area contributed by atoms with Crippen LogP contribution in [0.25, 0.3) is 0 Å². The lowest BCUT2D eigenvalue weighted by molar-refractivity contribution is 0.123. The maximum atomic E-state index is 6.48. The molecule has 0 amide bonds. The fraction of sp³-hybridized carbons (Fsp3) is 0.625. The minimum atomic E-state index is 0.102. The van der Waals surface area contributed by atoms with Crippen molar-refractivity contribution in [3.63, 3.8) is 0 Å². The Morgan fingerprint density at radius 2 is 1.67 bits per heavy atom. The van der Waals surface area contributed by atoms with E-state index in [1.165, 1.54) is 12.0 Å². The first-order valence-corrected chi connectivity index (χ1v) is 7.21. The van der Waals surface area contributed by atoms with Gasteiger partial charge in [-0.15, -0.1) is 0 Å². The summed E-state index contributed by atoms with van der Waals surface area (Å²) in [7, 11) is 0. The Bertz CT molecular complexity index is 323. The van der Waals surface area contributed by atoms with Crippen molar-refractivity contribution in [1.29, 1.82) is 0 Å². The van der Waals surface area contributed by atoms with Gasteiger partial charge in [0.15, 0.2) is 0 Å². The zero-order valence-electron chi connectivity index (χ0n) is 12.3. The van der Waals surface area contributed by atoms with Crippen molar-refractivity contribution < 1.29 is 0 Å². The van der Waals surface area contributed by atoms with E-state index in [1.54, 1.807) is 0 Å². The molecule has 1 aromatic rings. The van der Waals surface area contributed by atoms with Crippen LogP contribution in [0.15, 0.2) is 30.3 Å². The van der Waals surface area contributed by atoms with Crippen molar-refractivity contribution in [3.8, 4) is 0 Å². The third kappa shape index (κ3) is 3.56. The molecule has 0 aromatic heterocycles. The number of rotatable bonds is 7. The highest BCUT2D eigenvalue weighted by Crippen LogP contribution is 2.23. The first-order valence-electron chi connectivity index (χ1n) is 7.21. The van der Waals surface area contributed by atoms with Gasteiger partial charge < -0.3 is 5.73 Å². The Kier molecular flexibility index (Phi) is 6.37. The maximum absolute atomic E-state index is 6.48. The second-order valence-corrected chi connectivity index (χ2v) is 5.00. The molecule has 0 saturated carbocycles. The summed E-state index contributed by atoms with van der Waals surface area (Å²) in [6.45, 7) is 10.1. The van der Waals surface area contributed by atoms with Crippen LogP contribution in [0.2, 0.25) is 0 Å². The molecule has 1 aromatic carbocycles. The van der Waals surface area contributed by atoms with Gasteiger partial charge in [0, 0.05) is 18.1 Å². The molecule has 2 nitrogen and oxygen atoms in total. The van der Waals surface area contributed by atoms with Gasteiger partial charge in [0.05, 0.1) is 0 Å². The summed E-state index contributed by atoms with van der Waals surface area (Å²) in [6, 6.07) is 11.6. The lowest BCUT2D eigenvalue weighted by Crippen LogP contribution is -2.46. The zero-order valence-corrected chi connectivity index (χ0v) is 12.3. The number of nitrogens with two attached hydrogens (primary N) is 1. The molecule has 1 rings (SSSR count). The molecule has 2 heteroatoms. The second-order valence-electron chi connectivity index (χ2n) is 5.00. The van der Waals surface area contributed by atoms with E-state index in [9.17, 15) is 0 Å². The van der Waals surface area contributed by atoms with Crippen LogP contribution < -0.4 is 5.73 Å². The van der Waals surface area contributed by atoms with E-state index in [4.69, 9.17) is 5.73 Å². The molecule has 3 unspecified atom stereocenters. The monoisotopic (exact) mass is 248 g/mol. The Hall–Kier alpha value is -0.860. The Labute approximate surface area is 112 Å². The topological polar surface area (TPSA) is 29.3 Å². The lowest BCUT2D eigenvalue weighted by Gasteiger charge is -2.38. The van der Waals surface area contributed by atoms with Crippen molar-refractivity contribution >= 4 is 0 Å². The number of nitrogens with zero attached hydrogens (tertiary/aromatic N) is 1. The van der Waals surface area contributed by atoms with Gasteiger partial charge in [0.1, 0.15) is 0 Å². The molecule has 0 bridgehead atoms. The predicted molar refractivity (Wildman–Crippen MR) is 79.6 cm³/mol. The Balaban J connectivity index is 2.87. The third-order valence-corrected chi connectivity index (χ3v) is 3.97. The van der Waals surface area contributed by atoms with Gasteiger partial charge >= 0.3 is 0 Å². The fourth-order valence-corrected chi connectivity index (χ4v) is 2.70. The first kappa shape index (κ1) is 15.2. The SMILES string of the molecule is CCC(C)N(CC)C(CC)C(N)c1ccccc1. The standard InChI is InChI=1S/C16H28N2/c1-5-13(4)18(7-3)15(6-2)16(17)14-11-9-8-10-12-14/h8-13,15-16H,5-7,17H2,1-4H3. The van der Waals surface area contributed by atoms with Crippen LogP contribution in [0.5, 0.6) is 0 Å². The Morgan fingerprint density at radius 3 is 2.11 bits per heavy atom. The van der Waals surface area contributed by atoms with Gasteiger partial charge in [-0.3, -0.25) is 4.90 Å². The van der Waals surface area contributed by atoms with Crippen LogP contribution in [0.3, 0.4) is 0 Å². The zero-order chi connectivity index (χ0) is 13.5. The van der Waals surface area contributed by atoms with E-state index in [0.29, 0.717) is 12.1 Å². The van der Waals surface area contributed by atoms with Crippen LogP contribution in [0.4, 0.5) is 0 Å². The molecule has 0 spiro atoms. The van der Waals surface area contributed by atoms with Crippen LogP contribution in [0.1, 0.15) is 52.1 Å². The molecule has 0 aliphatic rings. The van der Waals surface area contributed by atoms with Gasteiger partial charge in [0.25, 0.3) is 0 Å². The van der Waals surface area contributed by atoms with Gasteiger partial charge in [-0.2, -0.15) is 0 Å². The fourth-order valence-electron chi connectivity index (χ4n) is 2.70. The number of likely N-dealkylation sites (N-methyl/N-ethyl adjacent to an activating group) is 1. The van der Waals surface area contributed by atoms with Gasteiger partial charge in [-0.25, -0.2) is 0 Å². The molecule has 0 aliphatic heterocycles. The summed E-state index contributed by atoms with van der Waals surface area (Å²) >= 11 is 0. The lowest BCUT2D eigenvalue weighted by atomic mass is 9.95. The number of benzene rings is 1. The smallest absolute Gasteiger partial charge is 0.0453 e. The molecule has 0 heterocycles. The van der Waals surface area contributed by atoms with E-state index in [2.05, 4.69) is 56.9 Å². The van der Waals surface area contributed by atoms with Gasteiger partial charge in [0.2, 0.25) is 0 Å². The maximum Gasteiger partial charge on any atom is 0.0453 e. The summed E-state index contributed by atoms with van der Waals surface area (Å²) < 4.78 is 0. The van der Waals surface area contributed by atoms with Gasteiger partial charge in [-0.1, -0.05) is 51.1 Å². The molecule has 18 heavy (non-hydrogen) atoms. The van der Waals surface area contributed by atoms with Crippen molar-refractivity contribution in [2.24, 2.45) is 5.73 Å². The molecule has 2 N–H and O–H groups in total. The minimum Gasteiger partial charge on any atom is -0.323 e. The molecular formula is C16H28N2. The van der Waals surface area contributed by atoms with E-state index < -0.39 is 0 Å². The van der Waals surface area contributed by atoms with Crippen LogP contribution in [0, 0.1) is 0 Å². The van der Waals surface area contributed by atoms with Crippen molar-refractivity contribution in [2.45, 2.75) is 58.7 Å². The highest BCUT2D eigenvalue weighted by Gasteiger charge is 2.26. The Morgan fingerprint density at radius 1 is 1.06 bits per heavy atom. The van der Waals surface area contributed by atoms with E-state index in [1.807, 2.05) is 6.07 Å². The normalized spacial score (nSPS) is 16.6. The van der Waals surface area contributed by atoms with Crippen LogP contribution >= 0.6 is 0 Å². The minimum absolute atomic E-state index is 0.102. The average Bonchev–Trinajstić information content (AvgIpc) is 2.44. The van der Waals surface area contributed by atoms with Crippen LogP contribution in [-0.4, -0.2) is 23.5 Å². The molecule has 102 valence electrons. The van der Waals surface area contributed by atoms with E-state index in [0.717, 1.165) is 13.0 Å². The van der Waals surface area contributed by atoms with Crippen molar-refractivity contribution in [1.82, 2.24) is 4.90 Å². The molecule has 3 atom stereocenters. The van der Waals surface area contributed by atoms with Crippen molar-refractivity contribution in [3.05, 3.63) is 35.9 Å². The quantitative estimate of drug-likeness (QED) is 0.799. The molecule has 0 fully saturated rings. The largest absolute Gasteiger partial charge is 0.323 e. The summed E-state index contributed by atoms with van der Waals surface area (Å²) in [5.41, 5.74) is 7.72. The summed E-state index contributed by atoms with van der Waals surface area (Å²) in [4.78, 5) is 2.54. The molecule has 0 aliphatic carbocycles. The summed E-state index contributed by atoms with van der Waals surface area (Å²) in [6.07, 6.45) is 2.26. The highest BCUT2D eigenvalue weighted by molar-refractivity contribution is 5.20. The summed E-state index contributed by atoms with van der Waals surface area (Å²) in [5, 5.41) is 0. The molecular weight excluding hydrogens is 220 g/mol. The highest BCUT2D eigenvalue weighted by atomic mass is 15.2. The van der Waals surface area contributed by atoms with E-state index in [-0.39, 0.29) is 6.04 Å². The average molecular weight is 248 g/mol. The summed E-state index contributed by atoms with van der Waals surface area (Å²) in [5.74, 6) is 0. The molecule has 0 radical (unpaired) electrons. The third-order valence-electron chi connectivity index (χ3n) is 3.97. The predicted octanol–water partition coefficient (Wildman–Crippen LogP) is 3.59. The molecule has 0 saturated heterocycles. The number of hydrogen-bond donors (Lipinski definition) is 1. The second kappa shape index (κ2) is 7.55. The van der Waals surface area contributed by atoms with E-state index >= 15 is 0 Å². The van der Waals surface area contributed by atoms with Crippen LogP contribution in [-0.2, 0) is 0 Å². The first-order chi connectivity index (χ1) is 8.65. The number of hydrogen-bond acceptors (Lipinski definition) is 2.